The lowest BCUT2D eigenvalue weighted by Gasteiger charge is -2.36. The maximum absolute atomic E-state index is 6.40. The summed E-state index contributed by atoms with van der Waals surface area (Å²) in [6.45, 7) is 5.07. The summed E-state index contributed by atoms with van der Waals surface area (Å²) in [4.78, 5) is 4.92. The molecule has 0 aromatic carbocycles. The zero-order valence-electron chi connectivity index (χ0n) is 14.8. The maximum atomic E-state index is 6.40. The zero-order valence-corrected chi connectivity index (χ0v) is 14.8. The van der Waals surface area contributed by atoms with Gasteiger partial charge in [0.05, 0.1) is 12.2 Å². The Morgan fingerprint density at radius 2 is 1.09 bits per heavy atom. The molecule has 3 nitrogen and oxygen atoms in total. The molecule has 0 bridgehead atoms. The second-order valence-corrected chi connectivity index (χ2v) is 8.26. The van der Waals surface area contributed by atoms with Crippen molar-refractivity contribution in [3.05, 3.63) is 0 Å². The van der Waals surface area contributed by atoms with Crippen LogP contribution in [0.3, 0.4) is 0 Å². The van der Waals surface area contributed by atoms with Crippen molar-refractivity contribution < 1.29 is 4.74 Å². The Morgan fingerprint density at radius 1 is 0.636 bits per heavy atom. The third-order valence-electron chi connectivity index (χ3n) is 6.35. The smallest absolute Gasteiger partial charge is 0.0603 e. The van der Waals surface area contributed by atoms with Crippen molar-refractivity contribution in [2.24, 2.45) is 11.8 Å². The second kappa shape index (κ2) is 8.12. The molecular formula is C19H36N2O. The van der Waals surface area contributed by atoms with Gasteiger partial charge in [0.1, 0.15) is 0 Å². The highest BCUT2D eigenvalue weighted by Gasteiger charge is 2.28. The predicted molar refractivity (Wildman–Crippen MR) is 92.2 cm³/mol. The van der Waals surface area contributed by atoms with E-state index in [1.807, 2.05) is 0 Å². The molecule has 2 heterocycles. The van der Waals surface area contributed by atoms with Crippen molar-refractivity contribution in [1.29, 1.82) is 0 Å². The molecule has 0 N–H and O–H groups in total. The van der Waals surface area contributed by atoms with Gasteiger partial charge in [0.25, 0.3) is 0 Å². The molecule has 3 heteroatoms. The van der Waals surface area contributed by atoms with E-state index in [1.165, 1.54) is 84.0 Å². The molecule has 0 aromatic heterocycles. The Hall–Kier alpha value is -0.120. The first-order chi connectivity index (χ1) is 10.7. The number of likely N-dealkylation sites (tertiary alicyclic amines) is 2. The van der Waals surface area contributed by atoms with E-state index >= 15 is 0 Å². The highest BCUT2D eigenvalue weighted by Crippen LogP contribution is 2.34. The van der Waals surface area contributed by atoms with E-state index in [0.717, 1.165) is 11.8 Å². The summed E-state index contributed by atoms with van der Waals surface area (Å²) >= 11 is 0. The standard InChI is InChI=1S/C19H36N2O/c1-20-11-7-17(8-12-20)15-16-3-5-18(6-4-16)22-19-9-13-21(2)14-10-19/h16-19H,3-15H2,1-2H3. The van der Waals surface area contributed by atoms with E-state index in [-0.39, 0.29) is 0 Å². The van der Waals surface area contributed by atoms with Gasteiger partial charge in [0, 0.05) is 13.1 Å². The summed E-state index contributed by atoms with van der Waals surface area (Å²) in [6, 6.07) is 0. The Balaban J connectivity index is 1.32. The molecule has 3 aliphatic rings. The van der Waals surface area contributed by atoms with E-state index in [4.69, 9.17) is 4.74 Å². The first kappa shape index (κ1) is 16.7. The van der Waals surface area contributed by atoms with Crippen molar-refractivity contribution in [3.63, 3.8) is 0 Å². The van der Waals surface area contributed by atoms with Crippen LogP contribution in [0.25, 0.3) is 0 Å². The van der Waals surface area contributed by atoms with Gasteiger partial charge >= 0.3 is 0 Å². The molecular weight excluding hydrogens is 272 g/mol. The predicted octanol–water partition coefficient (Wildman–Crippen LogP) is 3.39. The molecule has 0 spiro atoms. The summed E-state index contributed by atoms with van der Waals surface area (Å²) in [6.07, 6.45) is 13.5. The first-order valence-electron chi connectivity index (χ1n) is 9.71. The molecule has 2 aliphatic heterocycles. The van der Waals surface area contributed by atoms with Crippen LogP contribution in [0, 0.1) is 11.8 Å². The highest BCUT2D eigenvalue weighted by atomic mass is 16.5. The van der Waals surface area contributed by atoms with Gasteiger partial charge in [-0.3, -0.25) is 0 Å². The number of nitrogens with zero attached hydrogens (tertiary/aromatic N) is 2. The minimum atomic E-state index is 0.548. The number of ether oxygens (including phenoxy) is 1. The molecule has 0 atom stereocenters. The molecule has 0 radical (unpaired) electrons. The van der Waals surface area contributed by atoms with Crippen LogP contribution in [0.4, 0.5) is 0 Å². The molecule has 1 aliphatic carbocycles. The fraction of sp³-hybridized carbons (Fsp3) is 1.00. The second-order valence-electron chi connectivity index (χ2n) is 8.26. The van der Waals surface area contributed by atoms with Crippen molar-refractivity contribution >= 4 is 0 Å². The fourth-order valence-electron chi connectivity index (χ4n) is 4.67. The van der Waals surface area contributed by atoms with Crippen LogP contribution in [-0.4, -0.2) is 62.3 Å². The van der Waals surface area contributed by atoms with Crippen LogP contribution < -0.4 is 0 Å². The van der Waals surface area contributed by atoms with Gasteiger partial charge in [0.2, 0.25) is 0 Å². The number of hydrogen-bond donors (Lipinski definition) is 0. The van der Waals surface area contributed by atoms with Crippen LogP contribution in [0.5, 0.6) is 0 Å². The molecule has 1 saturated carbocycles. The van der Waals surface area contributed by atoms with Gasteiger partial charge in [-0.1, -0.05) is 0 Å². The summed E-state index contributed by atoms with van der Waals surface area (Å²) < 4.78 is 6.40. The van der Waals surface area contributed by atoms with E-state index in [1.54, 1.807) is 0 Å². The van der Waals surface area contributed by atoms with E-state index in [2.05, 4.69) is 23.9 Å². The van der Waals surface area contributed by atoms with Crippen LogP contribution in [0.2, 0.25) is 0 Å². The number of rotatable bonds is 4. The molecule has 22 heavy (non-hydrogen) atoms. The number of hydrogen-bond acceptors (Lipinski definition) is 3. The minimum absolute atomic E-state index is 0.548. The van der Waals surface area contributed by atoms with Crippen LogP contribution in [0.1, 0.15) is 57.8 Å². The van der Waals surface area contributed by atoms with Crippen molar-refractivity contribution in [3.8, 4) is 0 Å². The van der Waals surface area contributed by atoms with Gasteiger partial charge in [-0.15, -0.1) is 0 Å². The third-order valence-corrected chi connectivity index (χ3v) is 6.35. The highest BCUT2D eigenvalue weighted by molar-refractivity contribution is 4.80. The van der Waals surface area contributed by atoms with Gasteiger partial charge in [-0.25, -0.2) is 0 Å². The van der Waals surface area contributed by atoms with Crippen molar-refractivity contribution in [2.75, 3.05) is 40.3 Å². The Morgan fingerprint density at radius 3 is 1.68 bits per heavy atom. The lowest BCUT2D eigenvalue weighted by molar-refractivity contribution is -0.0598. The van der Waals surface area contributed by atoms with Gasteiger partial charge in [-0.05, 0) is 96.8 Å². The average molecular weight is 309 g/mol. The molecule has 0 aromatic rings. The quantitative estimate of drug-likeness (QED) is 0.792. The molecule has 0 unspecified atom stereocenters. The Bertz CT molecular complexity index is 279. The monoisotopic (exact) mass is 308 g/mol. The normalized spacial score (nSPS) is 34.1. The Labute approximate surface area is 137 Å². The topological polar surface area (TPSA) is 15.7 Å². The summed E-state index contributed by atoms with van der Waals surface area (Å²) in [5.74, 6) is 2.00. The summed E-state index contributed by atoms with van der Waals surface area (Å²) in [5.41, 5.74) is 0. The van der Waals surface area contributed by atoms with Crippen molar-refractivity contribution in [1.82, 2.24) is 9.80 Å². The summed E-state index contributed by atoms with van der Waals surface area (Å²) in [5, 5.41) is 0. The molecule has 2 saturated heterocycles. The third kappa shape index (κ3) is 4.94. The molecule has 0 amide bonds. The van der Waals surface area contributed by atoms with Crippen LogP contribution in [0.15, 0.2) is 0 Å². The zero-order chi connectivity index (χ0) is 15.4. The number of piperidine rings is 2. The largest absolute Gasteiger partial charge is 0.375 e. The lowest BCUT2D eigenvalue weighted by Crippen LogP contribution is -2.37. The lowest BCUT2D eigenvalue weighted by atomic mass is 9.79. The average Bonchev–Trinajstić information content (AvgIpc) is 2.54. The summed E-state index contributed by atoms with van der Waals surface area (Å²) in [7, 11) is 4.49. The SMILES string of the molecule is CN1CCC(CC2CCC(OC3CCN(C)CC3)CC2)CC1. The van der Waals surface area contributed by atoms with Crippen LogP contribution in [-0.2, 0) is 4.74 Å². The molecule has 128 valence electrons. The van der Waals surface area contributed by atoms with E-state index in [9.17, 15) is 0 Å². The van der Waals surface area contributed by atoms with Crippen LogP contribution >= 0.6 is 0 Å². The van der Waals surface area contributed by atoms with Gasteiger partial charge in [-0.2, -0.15) is 0 Å². The van der Waals surface area contributed by atoms with Gasteiger partial charge < -0.3 is 14.5 Å². The van der Waals surface area contributed by atoms with Crippen molar-refractivity contribution in [2.45, 2.75) is 70.0 Å². The first-order valence-corrected chi connectivity index (χ1v) is 9.71. The van der Waals surface area contributed by atoms with Gasteiger partial charge in [0.15, 0.2) is 0 Å². The Kier molecular flexibility index (Phi) is 6.17. The maximum Gasteiger partial charge on any atom is 0.0603 e. The van der Waals surface area contributed by atoms with E-state index < -0.39 is 0 Å². The fourth-order valence-corrected chi connectivity index (χ4v) is 4.67. The molecule has 3 rings (SSSR count). The minimum Gasteiger partial charge on any atom is -0.375 e. The molecule has 3 fully saturated rings. The van der Waals surface area contributed by atoms with E-state index in [0.29, 0.717) is 12.2 Å².